The number of nitrogens with zero attached hydrogens (tertiary/aromatic N) is 1. The lowest BCUT2D eigenvalue weighted by Crippen LogP contribution is -2.47. The van der Waals surface area contributed by atoms with Crippen LogP contribution in [0.3, 0.4) is 0 Å². The fourth-order valence-electron chi connectivity index (χ4n) is 2.17. The molecule has 1 rings (SSSR count). The van der Waals surface area contributed by atoms with Crippen LogP contribution in [-0.2, 0) is 10.2 Å². The van der Waals surface area contributed by atoms with Gasteiger partial charge in [-0.05, 0) is 31.7 Å². The fourth-order valence-corrected chi connectivity index (χ4v) is 3.64. The van der Waals surface area contributed by atoms with Gasteiger partial charge in [0, 0.05) is 25.7 Å². The van der Waals surface area contributed by atoms with E-state index in [1.807, 2.05) is 13.8 Å². The van der Waals surface area contributed by atoms with Gasteiger partial charge in [0.2, 0.25) is 0 Å². The first kappa shape index (κ1) is 16.9. The zero-order valence-electron chi connectivity index (χ0n) is 12.5. The van der Waals surface area contributed by atoms with Gasteiger partial charge in [-0.3, -0.25) is 0 Å². The van der Waals surface area contributed by atoms with Crippen LogP contribution in [0.4, 0.5) is 0 Å². The predicted molar refractivity (Wildman–Crippen MR) is 79.3 cm³/mol. The molecule has 0 amide bonds. The summed E-state index contributed by atoms with van der Waals surface area (Å²) >= 11 is 0. The van der Waals surface area contributed by atoms with E-state index in [0.717, 1.165) is 32.2 Å². The Hall–Kier alpha value is -0.170. The average Bonchev–Trinajstić information content (AvgIpc) is 2.84. The molecule has 1 saturated heterocycles. The van der Waals surface area contributed by atoms with Crippen LogP contribution in [0.15, 0.2) is 0 Å². The number of hydrogen-bond donors (Lipinski definition) is 2. The normalized spacial score (nSPS) is 20.6. The maximum absolute atomic E-state index is 12.3. The number of rotatable bonds is 9. The Kier molecular flexibility index (Phi) is 7.28. The van der Waals surface area contributed by atoms with Crippen molar-refractivity contribution < 1.29 is 8.42 Å². The van der Waals surface area contributed by atoms with Gasteiger partial charge in [0.25, 0.3) is 10.2 Å². The molecule has 6 heteroatoms. The first-order valence-corrected chi connectivity index (χ1v) is 8.87. The minimum Gasteiger partial charge on any atom is -0.313 e. The Morgan fingerprint density at radius 1 is 1.42 bits per heavy atom. The molecule has 1 aliphatic heterocycles. The Balaban J connectivity index is 2.59. The summed E-state index contributed by atoms with van der Waals surface area (Å²) in [5.41, 5.74) is 0. The number of hydrogen-bond acceptors (Lipinski definition) is 3. The summed E-state index contributed by atoms with van der Waals surface area (Å²) < 4.78 is 29.0. The topological polar surface area (TPSA) is 61.4 Å². The lowest BCUT2D eigenvalue weighted by atomic mass is 10.2. The van der Waals surface area contributed by atoms with Crippen molar-refractivity contribution in [3.8, 4) is 0 Å². The first-order chi connectivity index (χ1) is 8.95. The van der Waals surface area contributed by atoms with Crippen molar-refractivity contribution in [3.05, 3.63) is 0 Å². The summed E-state index contributed by atoms with van der Waals surface area (Å²) in [4.78, 5) is 0. The molecule has 114 valence electrons. The Morgan fingerprint density at radius 2 is 2.16 bits per heavy atom. The second-order valence-corrected chi connectivity index (χ2v) is 7.51. The number of nitrogens with one attached hydrogen (secondary N) is 2. The quantitative estimate of drug-likeness (QED) is 0.674. The van der Waals surface area contributed by atoms with Crippen molar-refractivity contribution >= 4 is 10.2 Å². The molecule has 1 heterocycles. The van der Waals surface area contributed by atoms with Crippen LogP contribution in [0, 0.1) is 5.92 Å². The summed E-state index contributed by atoms with van der Waals surface area (Å²) in [7, 11) is -3.33. The Bertz CT molecular complexity index is 338. The molecule has 0 aromatic rings. The third-order valence-electron chi connectivity index (χ3n) is 3.36. The highest BCUT2D eigenvalue weighted by molar-refractivity contribution is 7.87. The van der Waals surface area contributed by atoms with Gasteiger partial charge >= 0.3 is 0 Å². The van der Waals surface area contributed by atoms with Crippen molar-refractivity contribution in [1.82, 2.24) is 14.3 Å². The molecule has 1 atom stereocenters. The van der Waals surface area contributed by atoms with Crippen LogP contribution in [0.5, 0.6) is 0 Å². The van der Waals surface area contributed by atoms with Crippen LogP contribution >= 0.6 is 0 Å². The molecule has 1 aliphatic rings. The number of unbranched alkanes of at least 4 members (excludes halogenated alkanes) is 1. The van der Waals surface area contributed by atoms with Gasteiger partial charge in [0.15, 0.2) is 0 Å². The SMILES string of the molecule is CCCCN(CC1CCCN1)S(=O)(=O)NCC(C)C. The average molecular weight is 291 g/mol. The molecule has 0 aromatic carbocycles. The third-order valence-corrected chi connectivity index (χ3v) is 4.90. The van der Waals surface area contributed by atoms with Crippen LogP contribution in [-0.4, -0.2) is 44.9 Å². The highest BCUT2D eigenvalue weighted by Crippen LogP contribution is 2.10. The molecular formula is C13H29N3O2S. The molecule has 5 nitrogen and oxygen atoms in total. The predicted octanol–water partition coefficient (Wildman–Crippen LogP) is 1.33. The third kappa shape index (κ3) is 6.21. The zero-order chi connectivity index (χ0) is 14.3. The van der Waals surface area contributed by atoms with Gasteiger partial charge in [-0.2, -0.15) is 12.7 Å². The van der Waals surface area contributed by atoms with Crippen molar-refractivity contribution in [3.63, 3.8) is 0 Å². The van der Waals surface area contributed by atoms with Crippen LogP contribution in [0.1, 0.15) is 46.5 Å². The smallest absolute Gasteiger partial charge is 0.279 e. The molecule has 0 bridgehead atoms. The molecule has 0 saturated carbocycles. The maximum Gasteiger partial charge on any atom is 0.279 e. The molecule has 0 spiro atoms. The molecule has 0 aromatic heterocycles. The van der Waals surface area contributed by atoms with Crippen LogP contribution in [0.25, 0.3) is 0 Å². The van der Waals surface area contributed by atoms with Gasteiger partial charge in [-0.1, -0.05) is 27.2 Å². The van der Waals surface area contributed by atoms with E-state index in [4.69, 9.17) is 0 Å². The Morgan fingerprint density at radius 3 is 2.68 bits per heavy atom. The van der Waals surface area contributed by atoms with E-state index in [0.29, 0.717) is 31.6 Å². The fraction of sp³-hybridized carbons (Fsp3) is 1.00. The van der Waals surface area contributed by atoms with E-state index >= 15 is 0 Å². The van der Waals surface area contributed by atoms with Gasteiger partial charge in [-0.15, -0.1) is 0 Å². The van der Waals surface area contributed by atoms with E-state index in [9.17, 15) is 8.42 Å². The Labute approximate surface area is 118 Å². The zero-order valence-corrected chi connectivity index (χ0v) is 13.3. The lowest BCUT2D eigenvalue weighted by molar-refractivity contribution is 0.357. The van der Waals surface area contributed by atoms with E-state index in [1.165, 1.54) is 0 Å². The van der Waals surface area contributed by atoms with Crippen molar-refractivity contribution in [2.24, 2.45) is 5.92 Å². The van der Waals surface area contributed by atoms with Crippen LogP contribution in [0.2, 0.25) is 0 Å². The monoisotopic (exact) mass is 291 g/mol. The van der Waals surface area contributed by atoms with Crippen molar-refractivity contribution in [2.75, 3.05) is 26.2 Å². The lowest BCUT2D eigenvalue weighted by Gasteiger charge is -2.25. The maximum atomic E-state index is 12.3. The van der Waals surface area contributed by atoms with E-state index in [1.54, 1.807) is 4.31 Å². The van der Waals surface area contributed by atoms with Crippen molar-refractivity contribution in [1.29, 1.82) is 0 Å². The van der Waals surface area contributed by atoms with Crippen molar-refractivity contribution in [2.45, 2.75) is 52.5 Å². The van der Waals surface area contributed by atoms with Gasteiger partial charge < -0.3 is 5.32 Å². The summed E-state index contributed by atoms with van der Waals surface area (Å²) in [5, 5.41) is 3.37. The minimum absolute atomic E-state index is 0.312. The molecule has 19 heavy (non-hydrogen) atoms. The summed E-state index contributed by atoms with van der Waals surface area (Å²) in [6.45, 7) is 8.82. The van der Waals surface area contributed by atoms with E-state index in [-0.39, 0.29) is 0 Å². The minimum atomic E-state index is -3.33. The summed E-state index contributed by atoms with van der Waals surface area (Å²) in [6.07, 6.45) is 4.14. The molecule has 2 N–H and O–H groups in total. The van der Waals surface area contributed by atoms with Gasteiger partial charge in [0.1, 0.15) is 0 Å². The molecule has 0 radical (unpaired) electrons. The second kappa shape index (κ2) is 8.19. The molecule has 1 unspecified atom stereocenters. The van der Waals surface area contributed by atoms with Gasteiger partial charge in [-0.25, -0.2) is 4.72 Å². The summed E-state index contributed by atoms with van der Waals surface area (Å²) in [6, 6.07) is 0.312. The van der Waals surface area contributed by atoms with E-state index in [2.05, 4.69) is 17.0 Å². The van der Waals surface area contributed by atoms with E-state index < -0.39 is 10.2 Å². The molecular weight excluding hydrogens is 262 g/mol. The first-order valence-electron chi connectivity index (χ1n) is 7.43. The largest absolute Gasteiger partial charge is 0.313 e. The highest BCUT2D eigenvalue weighted by atomic mass is 32.2. The molecule has 0 aliphatic carbocycles. The second-order valence-electron chi connectivity index (χ2n) is 5.75. The molecule has 1 fully saturated rings. The van der Waals surface area contributed by atoms with Gasteiger partial charge in [0.05, 0.1) is 0 Å². The highest BCUT2D eigenvalue weighted by Gasteiger charge is 2.26. The standard InChI is InChI=1S/C13H29N3O2S/c1-4-5-9-16(11-13-7-6-8-14-13)19(17,18)15-10-12(2)3/h12-15H,4-11H2,1-3H3. The summed E-state index contributed by atoms with van der Waals surface area (Å²) in [5.74, 6) is 0.326. The van der Waals surface area contributed by atoms with Crippen LogP contribution < -0.4 is 10.0 Å².